The van der Waals surface area contributed by atoms with Crippen LogP contribution in [0.15, 0.2) is 34.8 Å². The van der Waals surface area contributed by atoms with E-state index in [4.69, 9.17) is 4.74 Å². The zero-order valence-electron chi connectivity index (χ0n) is 12.1. The maximum Gasteiger partial charge on any atom is 0.193 e. The summed E-state index contributed by atoms with van der Waals surface area (Å²) in [6.45, 7) is 5.86. The summed E-state index contributed by atoms with van der Waals surface area (Å²) >= 11 is 3.44. The first-order valence-corrected chi connectivity index (χ1v) is 7.19. The minimum atomic E-state index is 0.0395. The Labute approximate surface area is 127 Å². The summed E-state index contributed by atoms with van der Waals surface area (Å²) in [5.74, 6) is 0.849. The van der Waals surface area contributed by atoms with Gasteiger partial charge in [-0.2, -0.15) is 0 Å². The molecule has 0 spiro atoms. The molecule has 0 saturated carbocycles. The third-order valence-electron chi connectivity index (χ3n) is 3.29. The van der Waals surface area contributed by atoms with Crippen LogP contribution in [0.25, 0.3) is 0 Å². The largest absolute Gasteiger partial charge is 0.496 e. The van der Waals surface area contributed by atoms with Gasteiger partial charge in [-0.1, -0.05) is 15.9 Å². The molecule has 2 nitrogen and oxygen atoms in total. The van der Waals surface area contributed by atoms with Crippen molar-refractivity contribution in [1.29, 1.82) is 0 Å². The summed E-state index contributed by atoms with van der Waals surface area (Å²) in [6.07, 6.45) is 0. The second-order valence-electron chi connectivity index (χ2n) is 4.98. The molecule has 0 heterocycles. The number of ketones is 1. The Balaban J connectivity index is 2.50. The van der Waals surface area contributed by atoms with E-state index in [0.29, 0.717) is 5.56 Å². The summed E-state index contributed by atoms with van der Waals surface area (Å²) in [4.78, 5) is 12.7. The number of ether oxygens (including phenoxy) is 1. The van der Waals surface area contributed by atoms with Gasteiger partial charge >= 0.3 is 0 Å². The molecule has 0 unspecified atom stereocenters. The van der Waals surface area contributed by atoms with Crippen molar-refractivity contribution in [3.05, 3.63) is 62.6 Å². The van der Waals surface area contributed by atoms with Crippen molar-refractivity contribution >= 4 is 21.7 Å². The molecular weight excluding hydrogens is 316 g/mol. The molecule has 0 aliphatic rings. The fraction of sp³-hybridized carbons (Fsp3) is 0.235. The van der Waals surface area contributed by atoms with Crippen LogP contribution in [0.2, 0.25) is 0 Å². The van der Waals surface area contributed by atoms with Gasteiger partial charge in [-0.15, -0.1) is 0 Å². The van der Waals surface area contributed by atoms with Crippen LogP contribution in [-0.2, 0) is 0 Å². The number of benzene rings is 2. The average Bonchev–Trinajstić information content (AvgIpc) is 2.39. The van der Waals surface area contributed by atoms with Crippen LogP contribution in [0.1, 0.15) is 32.6 Å². The van der Waals surface area contributed by atoms with Gasteiger partial charge in [0.1, 0.15) is 5.75 Å². The van der Waals surface area contributed by atoms with Crippen molar-refractivity contribution in [3.8, 4) is 5.75 Å². The number of carbonyl (C=O) groups is 1. The van der Waals surface area contributed by atoms with Gasteiger partial charge in [0, 0.05) is 15.6 Å². The lowest BCUT2D eigenvalue weighted by Crippen LogP contribution is -2.05. The Kier molecular flexibility index (Phi) is 4.29. The maximum absolute atomic E-state index is 12.7. The number of methoxy groups -OCH3 is 1. The lowest BCUT2D eigenvalue weighted by atomic mass is 9.96. The molecule has 0 aliphatic carbocycles. The van der Waals surface area contributed by atoms with E-state index in [9.17, 15) is 4.79 Å². The molecule has 2 aromatic carbocycles. The van der Waals surface area contributed by atoms with E-state index in [1.165, 1.54) is 0 Å². The highest BCUT2D eigenvalue weighted by Crippen LogP contribution is 2.25. The summed E-state index contributed by atoms with van der Waals surface area (Å²) in [6, 6.07) is 9.56. The van der Waals surface area contributed by atoms with Gasteiger partial charge in [0.15, 0.2) is 5.78 Å². The molecule has 0 N–H and O–H groups in total. The highest BCUT2D eigenvalue weighted by atomic mass is 79.9. The van der Waals surface area contributed by atoms with Gasteiger partial charge in [-0.05, 0) is 67.8 Å². The summed E-state index contributed by atoms with van der Waals surface area (Å²) in [5, 5.41) is 0. The first-order chi connectivity index (χ1) is 9.42. The standard InChI is InChI=1S/C17H17BrO2/c1-10-5-13(9-14(18)6-10)17(19)15-7-12(3)16(20-4)8-11(15)2/h5-9H,1-4H3. The molecule has 104 valence electrons. The van der Waals surface area contributed by atoms with Crippen molar-refractivity contribution in [2.75, 3.05) is 7.11 Å². The van der Waals surface area contributed by atoms with Gasteiger partial charge in [-0.25, -0.2) is 0 Å². The van der Waals surface area contributed by atoms with Crippen molar-refractivity contribution < 1.29 is 9.53 Å². The number of carbonyl (C=O) groups excluding carboxylic acids is 1. The Bertz CT molecular complexity index is 655. The van der Waals surface area contributed by atoms with Crippen LogP contribution in [0.3, 0.4) is 0 Å². The topological polar surface area (TPSA) is 26.3 Å². The van der Waals surface area contributed by atoms with Crippen molar-refractivity contribution in [1.82, 2.24) is 0 Å². The molecule has 0 atom stereocenters. The zero-order valence-corrected chi connectivity index (χ0v) is 13.7. The van der Waals surface area contributed by atoms with Gasteiger partial charge in [0.2, 0.25) is 0 Å². The van der Waals surface area contributed by atoms with Crippen molar-refractivity contribution in [2.24, 2.45) is 0 Å². The van der Waals surface area contributed by atoms with Crippen LogP contribution < -0.4 is 4.74 Å². The van der Waals surface area contributed by atoms with E-state index in [2.05, 4.69) is 15.9 Å². The normalized spacial score (nSPS) is 10.4. The molecule has 0 radical (unpaired) electrons. The average molecular weight is 333 g/mol. The van der Waals surface area contributed by atoms with E-state index in [1.54, 1.807) is 7.11 Å². The number of halogens is 1. The van der Waals surface area contributed by atoms with Crippen LogP contribution in [0.5, 0.6) is 5.75 Å². The molecule has 0 aliphatic heterocycles. The van der Waals surface area contributed by atoms with Crippen molar-refractivity contribution in [2.45, 2.75) is 20.8 Å². The lowest BCUT2D eigenvalue weighted by molar-refractivity contribution is 0.103. The molecule has 2 rings (SSSR count). The van der Waals surface area contributed by atoms with E-state index < -0.39 is 0 Å². The Morgan fingerprint density at radius 1 is 1.00 bits per heavy atom. The lowest BCUT2D eigenvalue weighted by Gasteiger charge is -2.11. The molecule has 3 heteroatoms. The minimum absolute atomic E-state index is 0.0395. The Morgan fingerprint density at radius 2 is 1.70 bits per heavy atom. The predicted octanol–water partition coefficient (Wildman–Crippen LogP) is 4.61. The van der Waals surface area contributed by atoms with Crippen LogP contribution >= 0.6 is 15.9 Å². The Morgan fingerprint density at radius 3 is 2.30 bits per heavy atom. The van der Waals surface area contributed by atoms with E-state index >= 15 is 0 Å². The third-order valence-corrected chi connectivity index (χ3v) is 3.75. The monoisotopic (exact) mass is 332 g/mol. The summed E-state index contributed by atoms with van der Waals surface area (Å²) < 4.78 is 6.21. The highest BCUT2D eigenvalue weighted by Gasteiger charge is 2.15. The van der Waals surface area contributed by atoms with Crippen LogP contribution in [-0.4, -0.2) is 12.9 Å². The zero-order chi connectivity index (χ0) is 14.9. The van der Waals surface area contributed by atoms with E-state index in [0.717, 1.165) is 32.5 Å². The fourth-order valence-electron chi connectivity index (χ4n) is 2.28. The quantitative estimate of drug-likeness (QED) is 0.767. The van der Waals surface area contributed by atoms with Crippen molar-refractivity contribution in [3.63, 3.8) is 0 Å². The second-order valence-corrected chi connectivity index (χ2v) is 5.90. The number of aryl methyl sites for hydroxylation is 3. The number of hydrogen-bond donors (Lipinski definition) is 0. The molecule has 0 amide bonds. The molecule has 0 aromatic heterocycles. The highest BCUT2D eigenvalue weighted by molar-refractivity contribution is 9.10. The van der Waals surface area contributed by atoms with Gasteiger partial charge in [-0.3, -0.25) is 4.79 Å². The second kappa shape index (κ2) is 5.80. The SMILES string of the molecule is COc1cc(C)c(C(=O)c2cc(C)cc(Br)c2)cc1C. The molecule has 20 heavy (non-hydrogen) atoms. The first-order valence-electron chi connectivity index (χ1n) is 6.39. The van der Waals surface area contributed by atoms with Crippen LogP contribution in [0.4, 0.5) is 0 Å². The van der Waals surface area contributed by atoms with Gasteiger partial charge in [0.05, 0.1) is 7.11 Å². The molecule has 0 saturated heterocycles. The molecule has 0 bridgehead atoms. The number of rotatable bonds is 3. The first kappa shape index (κ1) is 14.8. The minimum Gasteiger partial charge on any atom is -0.496 e. The molecular formula is C17H17BrO2. The number of hydrogen-bond acceptors (Lipinski definition) is 2. The van der Waals surface area contributed by atoms with Gasteiger partial charge < -0.3 is 4.74 Å². The molecule has 2 aromatic rings. The van der Waals surface area contributed by atoms with E-state index in [-0.39, 0.29) is 5.78 Å². The smallest absolute Gasteiger partial charge is 0.193 e. The predicted molar refractivity (Wildman–Crippen MR) is 84.8 cm³/mol. The third kappa shape index (κ3) is 2.93. The fourth-order valence-corrected chi connectivity index (χ4v) is 2.88. The maximum atomic E-state index is 12.7. The van der Waals surface area contributed by atoms with Crippen LogP contribution in [0, 0.1) is 20.8 Å². The Hall–Kier alpha value is -1.61. The summed E-state index contributed by atoms with van der Waals surface area (Å²) in [7, 11) is 1.64. The molecule has 0 fully saturated rings. The van der Waals surface area contributed by atoms with Gasteiger partial charge in [0.25, 0.3) is 0 Å². The van der Waals surface area contributed by atoms with E-state index in [1.807, 2.05) is 51.1 Å². The summed E-state index contributed by atoms with van der Waals surface area (Å²) in [5.41, 5.74) is 4.37.